The van der Waals surface area contributed by atoms with E-state index in [1.807, 2.05) is 6.07 Å². The first-order chi connectivity index (χ1) is 9.11. The van der Waals surface area contributed by atoms with Gasteiger partial charge in [0.2, 0.25) is 5.91 Å². The molecule has 1 aromatic carbocycles. The highest BCUT2D eigenvalue weighted by Crippen LogP contribution is 2.24. The first-order valence-electron chi connectivity index (χ1n) is 6.70. The van der Waals surface area contributed by atoms with Crippen molar-refractivity contribution in [1.29, 1.82) is 0 Å². The van der Waals surface area contributed by atoms with Crippen LogP contribution in [0.2, 0.25) is 0 Å². The summed E-state index contributed by atoms with van der Waals surface area (Å²) >= 11 is 0. The van der Waals surface area contributed by atoms with Gasteiger partial charge in [-0.15, -0.1) is 0 Å². The predicted molar refractivity (Wildman–Crippen MR) is 71.8 cm³/mol. The fourth-order valence-electron chi connectivity index (χ4n) is 2.68. The number of nitrogens with zero attached hydrogens (tertiary/aromatic N) is 1. The summed E-state index contributed by atoms with van der Waals surface area (Å²) in [5, 5.41) is 9.14. The lowest BCUT2D eigenvalue weighted by Crippen LogP contribution is -2.25. The van der Waals surface area contributed by atoms with Gasteiger partial charge in [-0.05, 0) is 24.0 Å². The molecule has 1 aliphatic heterocycles. The Labute approximate surface area is 113 Å². The molecule has 0 aromatic heterocycles. The lowest BCUT2D eigenvalue weighted by Gasteiger charge is -2.18. The van der Waals surface area contributed by atoms with E-state index in [2.05, 4.69) is 6.92 Å². The van der Waals surface area contributed by atoms with Crippen molar-refractivity contribution in [3.63, 3.8) is 0 Å². The Bertz CT molecular complexity index is 484. The van der Waals surface area contributed by atoms with Gasteiger partial charge in [-0.2, -0.15) is 0 Å². The second kappa shape index (κ2) is 5.87. The molecule has 0 spiro atoms. The highest BCUT2D eigenvalue weighted by molar-refractivity contribution is 5.89. The fourth-order valence-corrected chi connectivity index (χ4v) is 2.68. The van der Waals surface area contributed by atoms with Crippen molar-refractivity contribution in [3.8, 4) is 0 Å². The van der Waals surface area contributed by atoms with Crippen LogP contribution in [0.5, 0.6) is 0 Å². The number of aromatic carboxylic acids is 1. The van der Waals surface area contributed by atoms with Gasteiger partial charge in [0.1, 0.15) is 0 Å². The topological polar surface area (TPSA) is 57.6 Å². The van der Waals surface area contributed by atoms with E-state index in [4.69, 9.17) is 5.11 Å². The molecule has 1 aromatic rings. The highest BCUT2D eigenvalue weighted by Gasteiger charge is 2.29. The Morgan fingerprint density at radius 2 is 2.16 bits per heavy atom. The summed E-state index contributed by atoms with van der Waals surface area (Å²) in [4.78, 5) is 24.8. The quantitative estimate of drug-likeness (QED) is 0.886. The third-order valence-corrected chi connectivity index (χ3v) is 3.60. The second-order valence-electron chi connectivity index (χ2n) is 5.10. The minimum absolute atomic E-state index is 0.138. The van der Waals surface area contributed by atoms with Gasteiger partial charge in [0, 0.05) is 19.5 Å². The van der Waals surface area contributed by atoms with E-state index in [1.54, 1.807) is 23.1 Å². The summed E-state index contributed by atoms with van der Waals surface area (Å²) in [6.07, 6.45) is 2.74. The van der Waals surface area contributed by atoms with Crippen molar-refractivity contribution in [2.75, 3.05) is 6.54 Å². The molecule has 1 unspecified atom stereocenters. The lowest BCUT2D eigenvalue weighted by molar-refractivity contribution is -0.128. The largest absolute Gasteiger partial charge is 0.478 e. The average Bonchev–Trinajstić information content (AvgIpc) is 2.71. The number of carbonyl (C=O) groups excluding carboxylic acids is 1. The summed E-state index contributed by atoms with van der Waals surface area (Å²) in [5.41, 5.74) is 0.995. The summed E-state index contributed by atoms with van der Waals surface area (Å²) in [7, 11) is 0. The van der Waals surface area contributed by atoms with E-state index in [-0.39, 0.29) is 11.5 Å². The number of carboxylic acids is 1. The van der Waals surface area contributed by atoms with E-state index in [0.29, 0.717) is 24.4 Å². The average molecular weight is 261 g/mol. The number of benzene rings is 1. The van der Waals surface area contributed by atoms with Crippen molar-refractivity contribution < 1.29 is 14.7 Å². The number of hydrogen-bond donors (Lipinski definition) is 1. The summed E-state index contributed by atoms with van der Waals surface area (Å²) in [6.45, 7) is 3.27. The van der Waals surface area contributed by atoms with Crippen LogP contribution in [0.15, 0.2) is 24.3 Å². The van der Waals surface area contributed by atoms with Crippen LogP contribution < -0.4 is 0 Å². The summed E-state index contributed by atoms with van der Waals surface area (Å²) in [6, 6.07) is 6.89. The molecule has 2 rings (SSSR count). The van der Waals surface area contributed by atoms with Crippen LogP contribution in [0.25, 0.3) is 0 Å². The molecule has 1 N–H and O–H groups in total. The normalized spacial score (nSPS) is 18.9. The zero-order valence-corrected chi connectivity index (χ0v) is 11.1. The van der Waals surface area contributed by atoms with E-state index in [0.717, 1.165) is 19.4 Å². The molecule has 1 heterocycles. The molecule has 102 valence electrons. The van der Waals surface area contributed by atoms with Gasteiger partial charge in [-0.25, -0.2) is 4.79 Å². The number of carbonyl (C=O) groups is 2. The highest BCUT2D eigenvalue weighted by atomic mass is 16.4. The molecule has 1 amide bonds. The smallest absolute Gasteiger partial charge is 0.336 e. The zero-order valence-electron chi connectivity index (χ0n) is 11.1. The standard InChI is InChI=1S/C15H19NO3/c1-2-5-11-8-14(17)16(9-11)10-12-6-3-4-7-13(12)15(18)19/h3-4,6-7,11H,2,5,8-10H2,1H3,(H,18,19). The van der Waals surface area contributed by atoms with Gasteiger partial charge in [-0.3, -0.25) is 4.79 Å². The predicted octanol–water partition coefficient (Wildman–Crippen LogP) is 2.53. The van der Waals surface area contributed by atoms with Crippen LogP contribution in [0.4, 0.5) is 0 Å². The van der Waals surface area contributed by atoms with Gasteiger partial charge in [-0.1, -0.05) is 31.5 Å². The van der Waals surface area contributed by atoms with E-state index < -0.39 is 5.97 Å². The van der Waals surface area contributed by atoms with E-state index in [1.165, 1.54) is 0 Å². The number of hydrogen-bond acceptors (Lipinski definition) is 2. The van der Waals surface area contributed by atoms with Crippen molar-refractivity contribution in [3.05, 3.63) is 35.4 Å². The molecule has 4 nitrogen and oxygen atoms in total. The molecule has 0 saturated carbocycles. The molecule has 0 radical (unpaired) electrons. The maximum absolute atomic E-state index is 11.9. The molecular weight excluding hydrogens is 242 g/mol. The molecule has 1 saturated heterocycles. The molecular formula is C15H19NO3. The molecule has 0 bridgehead atoms. The fraction of sp³-hybridized carbons (Fsp3) is 0.467. The monoisotopic (exact) mass is 261 g/mol. The van der Waals surface area contributed by atoms with Crippen molar-refractivity contribution in [1.82, 2.24) is 4.90 Å². The molecule has 0 aliphatic carbocycles. The Morgan fingerprint density at radius 3 is 2.84 bits per heavy atom. The maximum atomic E-state index is 11.9. The number of amides is 1. The third-order valence-electron chi connectivity index (χ3n) is 3.60. The van der Waals surface area contributed by atoms with E-state index in [9.17, 15) is 9.59 Å². The van der Waals surface area contributed by atoms with Crippen molar-refractivity contribution in [2.24, 2.45) is 5.92 Å². The first-order valence-corrected chi connectivity index (χ1v) is 6.70. The Kier molecular flexibility index (Phi) is 4.20. The van der Waals surface area contributed by atoms with Crippen LogP contribution >= 0.6 is 0 Å². The molecule has 1 aliphatic rings. The van der Waals surface area contributed by atoms with Gasteiger partial charge in [0.05, 0.1) is 5.56 Å². The minimum atomic E-state index is -0.938. The zero-order chi connectivity index (χ0) is 13.8. The summed E-state index contributed by atoms with van der Waals surface area (Å²) < 4.78 is 0. The van der Waals surface area contributed by atoms with Crippen LogP contribution in [0.1, 0.15) is 42.1 Å². The van der Waals surface area contributed by atoms with Crippen molar-refractivity contribution >= 4 is 11.9 Å². The maximum Gasteiger partial charge on any atom is 0.336 e. The van der Waals surface area contributed by atoms with Crippen LogP contribution in [0.3, 0.4) is 0 Å². The molecule has 1 fully saturated rings. The Hall–Kier alpha value is -1.84. The van der Waals surface area contributed by atoms with Crippen LogP contribution in [0, 0.1) is 5.92 Å². The number of rotatable bonds is 5. The number of likely N-dealkylation sites (tertiary alicyclic amines) is 1. The minimum Gasteiger partial charge on any atom is -0.478 e. The third kappa shape index (κ3) is 3.13. The van der Waals surface area contributed by atoms with Crippen molar-refractivity contribution in [2.45, 2.75) is 32.7 Å². The van der Waals surface area contributed by atoms with Crippen LogP contribution in [-0.2, 0) is 11.3 Å². The summed E-state index contributed by atoms with van der Waals surface area (Å²) in [5.74, 6) is -0.375. The van der Waals surface area contributed by atoms with Gasteiger partial charge < -0.3 is 10.0 Å². The Morgan fingerprint density at radius 1 is 1.42 bits per heavy atom. The van der Waals surface area contributed by atoms with E-state index >= 15 is 0 Å². The SMILES string of the molecule is CCCC1CC(=O)N(Cc2ccccc2C(=O)O)C1. The molecule has 1 atom stereocenters. The Balaban J connectivity index is 2.10. The molecule has 4 heteroatoms. The first kappa shape index (κ1) is 13.6. The van der Waals surface area contributed by atoms with Gasteiger partial charge >= 0.3 is 5.97 Å². The van der Waals surface area contributed by atoms with Gasteiger partial charge in [0.15, 0.2) is 0 Å². The van der Waals surface area contributed by atoms with Gasteiger partial charge in [0.25, 0.3) is 0 Å². The molecule has 19 heavy (non-hydrogen) atoms. The number of carboxylic acid groups (broad SMARTS) is 1. The second-order valence-corrected chi connectivity index (χ2v) is 5.10. The lowest BCUT2D eigenvalue weighted by atomic mass is 10.0. The van der Waals surface area contributed by atoms with Crippen LogP contribution in [-0.4, -0.2) is 28.4 Å².